The molecule has 0 bridgehead atoms. The fraction of sp³-hybridized carbons (Fsp3) is 0.533. The zero-order valence-electron chi connectivity index (χ0n) is 12.4. The van der Waals surface area contributed by atoms with Crippen LogP contribution >= 0.6 is 23.2 Å². The number of unbranched alkanes of at least 4 members (excludes halogenated alkanes) is 1. The second-order valence-electron chi connectivity index (χ2n) is 5.02. The van der Waals surface area contributed by atoms with E-state index in [1.54, 1.807) is 6.92 Å². The Morgan fingerprint density at radius 1 is 1.19 bits per heavy atom. The van der Waals surface area contributed by atoms with Crippen LogP contribution in [-0.2, 0) is 9.53 Å². The summed E-state index contributed by atoms with van der Waals surface area (Å²) < 4.78 is 5.03. The van der Waals surface area contributed by atoms with Gasteiger partial charge in [-0.15, -0.1) is 0 Å². The molecule has 0 radical (unpaired) electrons. The van der Waals surface area contributed by atoms with Gasteiger partial charge in [0.15, 0.2) is 0 Å². The maximum atomic E-state index is 11.7. The molecule has 0 amide bonds. The molecule has 116 valence electrons. The maximum Gasteiger partial charge on any atom is 0.325 e. The highest BCUT2D eigenvalue weighted by Gasteiger charge is 2.28. The van der Waals surface area contributed by atoms with Crippen LogP contribution in [0.3, 0.4) is 0 Å². The summed E-state index contributed by atoms with van der Waals surface area (Å²) >= 11 is 12.2. The predicted molar refractivity (Wildman–Crippen MR) is 87.6 cm³/mol. The maximum absolute atomic E-state index is 11.7. The van der Waals surface area contributed by atoms with Gasteiger partial charge in [-0.1, -0.05) is 36.5 Å². The van der Waals surface area contributed by atoms with Crippen LogP contribution in [0.2, 0.25) is 10.0 Å². The van der Waals surface area contributed by atoms with Crippen molar-refractivity contribution in [1.82, 2.24) is 0 Å². The number of hydrogen-bond acceptors (Lipinski definition) is 4. The van der Waals surface area contributed by atoms with Crippen molar-refractivity contribution in [2.75, 3.05) is 36.2 Å². The molecule has 4 nitrogen and oxygen atoms in total. The molecule has 1 heterocycles. The number of carbonyl (C=O) groups is 1. The van der Waals surface area contributed by atoms with Crippen LogP contribution < -0.4 is 9.80 Å². The third kappa shape index (κ3) is 3.74. The fourth-order valence-electron chi connectivity index (χ4n) is 2.43. The minimum atomic E-state index is -0.230. The number of ether oxygens (including phenoxy) is 1. The van der Waals surface area contributed by atoms with Crippen LogP contribution in [0.4, 0.5) is 11.4 Å². The van der Waals surface area contributed by atoms with Crippen LogP contribution in [0.1, 0.15) is 26.7 Å². The molecule has 1 aliphatic rings. The predicted octanol–water partition coefficient (Wildman–Crippen LogP) is 3.94. The van der Waals surface area contributed by atoms with Crippen molar-refractivity contribution in [1.29, 1.82) is 0 Å². The van der Waals surface area contributed by atoms with Crippen LogP contribution in [0.25, 0.3) is 0 Å². The van der Waals surface area contributed by atoms with E-state index in [4.69, 9.17) is 27.9 Å². The van der Waals surface area contributed by atoms with E-state index >= 15 is 0 Å². The van der Waals surface area contributed by atoms with Crippen LogP contribution in [0, 0.1) is 0 Å². The van der Waals surface area contributed by atoms with E-state index in [0.29, 0.717) is 23.3 Å². The lowest BCUT2D eigenvalue weighted by Crippen LogP contribution is -2.35. The van der Waals surface area contributed by atoms with Gasteiger partial charge in [-0.2, -0.15) is 0 Å². The first-order chi connectivity index (χ1) is 10.1. The average molecular weight is 331 g/mol. The molecule has 6 heteroatoms. The second kappa shape index (κ2) is 7.23. The molecular weight excluding hydrogens is 311 g/mol. The molecule has 0 spiro atoms. The molecule has 1 aromatic carbocycles. The van der Waals surface area contributed by atoms with Crippen molar-refractivity contribution >= 4 is 40.5 Å². The SMILES string of the molecule is CCCCN1CN(CC(=O)OCC)c2cc(Cl)c(Cl)cc21. The average Bonchev–Trinajstić information content (AvgIpc) is 2.75. The Bertz CT molecular complexity index is 523. The van der Waals surface area contributed by atoms with E-state index in [2.05, 4.69) is 11.8 Å². The number of rotatable bonds is 6. The monoisotopic (exact) mass is 330 g/mol. The summed E-state index contributed by atoms with van der Waals surface area (Å²) in [7, 11) is 0. The summed E-state index contributed by atoms with van der Waals surface area (Å²) in [5.41, 5.74) is 1.97. The Labute approximate surface area is 135 Å². The molecule has 0 saturated heterocycles. The molecule has 0 aromatic heterocycles. The van der Waals surface area contributed by atoms with Gasteiger partial charge in [0.1, 0.15) is 6.54 Å². The third-order valence-electron chi connectivity index (χ3n) is 3.45. The molecule has 21 heavy (non-hydrogen) atoms. The van der Waals surface area contributed by atoms with Crippen molar-refractivity contribution in [2.24, 2.45) is 0 Å². The van der Waals surface area contributed by atoms with Gasteiger partial charge in [0.2, 0.25) is 0 Å². The van der Waals surface area contributed by atoms with Gasteiger partial charge in [-0.05, 0) is 25.5 Å². The Kier molecular flexibility index (Phi) is 5.59. The smallest absolute Gasteiger partial charge is 0.325 e. The highest BCUT2D eigenvalue weighted by Crippen LogP contribution is 2.41. The van der Waals surface area contributed by atoms with Crippen molar-refractivity contribution in [2.45, 2.75) is 26.7 Å². The summed E-state index contributed by atoms with van der Waals surface area (Å²) in [5.74, 6) is -0.230. The zero-order valence-corrected chi connectivity index (χ0v) is 13.9. The van der Waals surface area contributed by atoms with Gasteiger partial charge in [0.05, 0.1) is 34.7 Å². The largest absolute Gasteiger partial charge is 0.465 e. The van der Waals surface area contributed by atoms with Crippen LogP contribution in [-0.4, -0.2) is 32.3 Å². The van der Waals surface area contributed by atoms with E-state index in [1.165, 1.54) is 0 Å². The summed E-state index contributed by atoms with van der Waals surface area (Å²) in [6.07, 6.45) is 2.21. The van der Waals surface area contributed by atoms with Gasteiger partial charge < -0.3 is 14.5 Å². The first kappa shape index (κ1) is 16.2. The molecule has 0 N–H and O–H groups in total. The van der Waals surface area contributed by atoms with Crippen molar-refractivity contribution in [3.05, 3.63) is 22.2 Å². The summed E-state index contributed by atoms with van der Waals surface area (Å²) in [4.78, 5) is 15.9. The number of carbonyl (C=O) groups excluding carboxylic acids is 1. The third-order valence-corrected chi connectivity index (χ3v) is 4.17. The van der Waals surface area contributed by atoms with Gasteiger partial charge in [-0.3, -0.25) is 4.79 Å². The Morgan fingerprint density at radius 3 is 2.38 bits per heavy atom. The first-order valence-corrected chi connectivity index (χ1v) is 7.97. The van der Waals surface area contributed by atoms with Crippen molar-refractivity contribution in [3.8, 4) is 0 Å². The van der Waals surface area contributed by atoms with Crippen molar-refractivity contribution < 1.29 is 9.53 Å². The molecule has 0 atom stereocenters. The molecule has 0 aliphatic carbocycles. The fourth-order valence-corrected chi connectivity index (χ4v) is 2.74. The summed E-state index contributed by atoms with van der Waals surface area (Å²) in [6.45, 7) is 6.16. The number of halogens is 2. The van der Waals surface area contributed by atoms with E-state index in [0.717, 1.165) is 30.8 Å². The lowest BCUT2D eigenvalue weighted by Gasteiger charge is -2.20. The molecule has 1 aliphatic heterocycles. The minimum absolute atomic E-state index is 0.224. The van der Waals surface area contributed by atoms with E-state index in [-0.39, 0.29) is 12.5 Å². The molecule has 0 fully saturated rings. The van der Waals surface area contributed by atoms with Gasteiger partial charge >= 0.3 is 5.97 Å². The molecular formula is C15H20Cl2N2O2. The van der Waals surface area contributed by atoms with E-state index in [9.17, 15) is 4.79 Å². The number of esters is 1. The molecule has 0 unspecified atom stereocenters. The standard InChI is InChI=1S/C15H20Cl2N2O2/c1-3-5-6-18-10-19(9-15(20)21-4-2)14-8-12(17)11(16)7-13(14)18/h7-8H,3-6,9-10H2,1-2H3. The Balaban J connectivity index is 2.23. The Morgan fingerprint density at radius 2 is 1.81 bits per heavy atom. The number of fused-ring (bicyclic) bond motifs is 1. The van der Waals surface area contributed by atoms with Gasteiger partial charge in [0.25, 0.3) is 0 Å². The van der Waals surface area contributed by atoms with Crippen LogP contribution in [0.5, 0.6) is 0 Å². The Hall–Kier alpha value is -1.13. The normalized spacial score (nSPS) is 13.5. The summed E-state index contributed by atoms with van der Waals surface area (Å²) in [6, 6.07) is 3.70. The number of benzene rings is 1. The second-order valence-corrected chi connectivity index (χ2v) is 5.83. The number of hydrogen-bond donors (Lipinski definition) is 0. The summed E-state index contributed by atoms with van der Waals surface area (Å²) in [5, 5.41) is 1.04. The highest BCUT2D eigenvalue weighted by atomic mass is 35.5. The zero-order chi connectivity index (χ0) is 15.4. The molecule has 1 aromatic rings. The van der Waals surface area contributed by atoms with Gasteiger partial charge in [0, 0.05) is 6.54 Å². The van der Waals surface area contributed by atoms with Crippen LogP contribution in [0.15, 0.2) is 12.1 Å². The quantitative estimate of drug-likeness (QED) is 0.739. The van der Waals surface area contributed by atoms with E-state index in [1.807, 2.05) is 17.0 Å². The highest BCUT2D eigenvalue weighted by molar-refractivity contribution is 6.42. The first-order valence-electron chi connectivity index (χ1n) is 7.21. The lowest BCUT2D eigenvalue weighted by molar-refractivity contribution is -0.141. The van der Waals surface area contributed by atoms with Crippen molar-refractivity contribution in [3.63, 3.8) is 0 Å². The molecule has 2 rings (SSSR count). The lowest BCUT2D eigenvalue weighted by atomic mass is 10.2. The minimum Gasteiger partial charge on any atom is -0.465 e. The van der Waals surface area contributed by atoms with E-state index < -0.39 is 0 Å². The molecule has 0 saturated carbocycles. The number of anilines is 2. The number of nitrogens with zero attached hydrogens (tertiary/aromatic N) is 2. The van der Waals surface area contributed by atoms with Gasteiger partial charge in [-0.25, -0.2) is 0 Å². The topological polar surface area (TPSA) is 32.8 Å².